The van der Waals surface area contributed by atoms with Crippen molar-refractivity contribution in [3.8, 4) is 0 Å². The zero-order valence-electron chi connectivity index (χ0n) is 6.56. The van der Waals surface area contributed by atoms with Crippen molar-refractivity contribution in [3.05, 3.63) is 22.7 Å². The minimum atomic E-state index is 0.426. The number of benzene rings is 1. The van der Waals surface area contributed by atoms with E-state index in [9.17, 15) is 0 Å². The first-order chi connectivity index (χ1) is 5.66. The Labute approximate surface area is 74.5 Å². The van der Waals surface area contributed by atoms with Crippen molar-refractivity contribution in [2.75, 3.05) is 5.73 Å². The van der Waals surface area contributed by atoms with Crippen molar-refractivity contribution in [1.29, 1.82) is 0 Å². The van der Waals surface area contributed by atoms with Gasteiger partial charge in [0.2, 0.25) is 0 Å². The van der Waals surface area contributed by atoms with Crippen LogP contribution >= 0.6 is 11.6 Å². The monoisotopic (exact) mass is 181 g/mol. The van der Waals surface area contributed by atoms with Crippen LogP contribution in [0.25, 0.3) is 11.0 Å². The van der Waals surface area contributed by atoms with Gasteiger partial charge in [-0.1, -0.05) is 11.6 Å². The number of nitrogens with two attached hydrogens (primary N) is 1. The standard InChI is InChI=1S/C8H8ClN3/c1-4-2-5(9)3-6-7(4)12-8(10)11-6/h2-3H,1H3,(H3,10,11,12). The van der Waals surface area contributed by atoms with E-state index in [0.29, 0.717) is 11.0 Å². The zero-order valence-corrected chi connectivity index (χ0v) is 7.31. The fourth-order valence-electron chi connectivity index (χ4n) is 1.27. The number of aryl methyl sites for hydroxylation is 1. The highest BCUT2D eigenvalue weighted by Gasteiger charge is 2.03. The molecule has 1 aromatic carbocycles. The third-order valence-electron chi connectivity index (χ3n) is 1.76. The number of H-pyrrole nitrogens is 1. The fraction of sp³-hybridized carbons (Fsp3) is 0.125. The van der Waals surface area contributed by atoms with Gasteiger partial charge in [0.15, 0.2) is 5.95 Å². The Kier molecular flexibility index (Phi) is 1.48. The number of rotatable bonds is 0. The highest BCUT2D eigenvalue weighted by molar-refractivity contribution is 6.31. The average molecular weight is 182 g/mol. The maximum Gasteiger partial charge on any atom is 0.198 e. The van der Waals surface area contributed by atoms with E-state index < -0.39 is 0 Å². The summed E-state index contributed by atoms with van der Waals surface area (Å²) >= 11 is 5.84. The minimum absolute atomic E-state index is 0.426. The maximum absolute atomic E-state index is 5.84. The average Bonchev–Trinajstić information content (AvgIpc) is 2.29. The lowest BCUT2D eigenvalue weighted by atomic mass is 10.2. The number of hydrogen-bond donors (Lipinski definition) is 2. The van der Waals surface area contributed by atoms with Gasteiger partial charge in [0.25, 0.3) is 0 Å². The van der Waals surface area contributed by atoms with Crippen molar-refractivity contribution >= 4 is 28.6 Å². The molecule has 62 valence electrons. The lowest BCUT2D eigenvalue weighted by molar-refractivity contribution is 1.35. The Morgan fingerprint density at radius 2 is 2.25 bits per heavy atom. The van der Waals surface area contributed by atoms with Gasteiger partial charge in [-0.25, -0.2) is 4.98 Å². The number of anilines is 1. The summed E-state index contributed by atoms with van der Waals surface area (Å²) in [5, 5.41) is 0.698. The first-order valence-electron chi connectivity index (χ1n) is 3.58. The van der Waals surface area contributed by atoms with E-state index in [1.165, 1.54) is 0 Å². The number of nitrogens with one attached hydrogen (secondary N) is 1. The molecular weight excluding hydrogens is 174 g/mol. The molecule has 0 saturated carbocycles. The van der Waals surface area contributed by atoms with Gasteiger partial charge in [-0.15, -0.1) is 0 Å². The van der Waals surface area contributed by atoms with E-state index in [2.05, 4.69) is 9.97 Å². The molecule has 0 spiro atoms. The Bertz CT molecular complexity index is 433. The molecule has 2 rings (SSSR count). The third-order valence-corrected chi connectivity index (χ3v) is 1.98. The number of aromatic amines is 1. The SMILES string of the molecule is Cc1cc(Cl)cc2[nH]c(N)nc12. The van der Waals surface area contributed by atoms with Crippen molar-refractivity contribution in [2.24, 2.45) is 0 Å². The van der Waals surface area contributed by atoms with Crippen LogP contribution in [0.1, 0.15) is 5.56 Å². The minimum Gasteiger partial charge on any atom is -0.369 e. The predicted octanol–water partition coefficient (Wildman–Crippen LogP) is 2.11. The number of hydrogen-bond acceptors (Lipinski definition) is 2. The van der Waals surface area contributed by atoms with Gasteiger partial charge in [0.1, 0.15) is 0 Å². The van der Waals surface area contributed by atoms with Crippen LogP contribution in [0.5, 0.6) is 0 Å². The van der Waals surface area contributed by atoms with Crippen molar-refractivity contribution in [2.45, 2.75) is 6.92 Å². The Morgan fingerprint density at radius 1 is 1.50 bits per heavy atom. The summed E-state index contributed by atoms with van der Waals surface area (Å²) < 4.78 is 0. The number of aromatic nitrogens is 2. The first kappa shape index (κ1) is 7.43. The molecule has 0 bridgehead atoms. The Hall–Kier alpha value is -1.22. The summed E-state index contributed by atoms with van der Waals surface area (Å²) in [5.74, 6) is 0.426. The molecule has 0 amide bonds. The summed E-state index contributed by atoms with van der Waals surface area (Å²) in [4.78, 5) is 7.04. The van der Waals surface area contributed by atoms with Crippen molar-refractivity contribution in [3.63, 3.8) is 0 Å². The summed E-state index contributed by atoms with van der Waals surface area (Å²) in [6, 6.07) is 3.68. The number of imidazole rings is 1. The van der Waals surface area contributed by atoms with Crippen molar-refractivity contribution < 1.29 is 0 Å². The summed E-state index contributed by atoms with van der Waals surface area (Å²) in [6.07, 6.45) is 0. The van der Waals surface area contributed by atoms with Crippen LogP contribution in [0.15, 0.2) is 12.1 Å². The second-order valence-electron chi connectivity index (χ2n) is 2.74. The largest absolute Gasteiger partial charge is 0.369 e. The van der Waals surface area contributed by atoms with E-state index in [0.717, 1.165) is 16.6 Å². The zero-order chi connectivity index (χ0) is 8.72. The quantitative estimate of drug-likeness (QED) is 0.654. The van der Waals surface area contributed by atoms with E-state index in [-0.39, 0.29) is 0 Å². The molecule has 1 aromatic heterocycles. The molecule has 0 radical (unpaired) electrons. The van der Waals surface area contributed by atoms with Crippen LogP contribution in [0, 0.1) is 6.92 Å². The number of halogens is 1. The van der Waals surface area contributed by atoms with Gasteiger partial charge < -0.3 is 10.7 Å². The molecule has 1 heterocycles. The van der Waals surface area contributed by atoms with Crippen LogP contribution in [0.4, 0.5) is 5.95 Å². The molecule has 0 atom stereocenters. The molecule has 3 N–H and O–H groups in total. The lowest BCUT2D eigenvalue weighted by Crippen LogP contribution is -1.84. The van der Waals surface area contributed by atoms with Crippen LogP contribution < -0.4 is 5.73 Å². The maximum atomic E-state index is 5.84. The number of fused-ring (bicyclic) bond motifs is 1. The van der Waals surface area contributed by atoms with Crippen LogP contribution in [-0.2, 0) is 0 Å². The van der Waals surface area contributed by atoms with E-state index in [1.54, 1.807) is 0 Å². The summed E-state index contributed by atoms with van der Waals surface area (Å²) in [6.45, 7) is 1.95. The molecule has 0 aliphatic carbocycles. The van der Waals surface area contributed by atoms with E-state index in [4.69, 9.17) is 17.3 Å². The topological polar surface area (TPSA) is 54.7 Å². The summed E-state index contributed by atoms with van der Waals surface area (Å²) in [7, 11) is 0. The van der Waals surface area contributed by atoms with Crippen LogP contribution in [-0.4, -0.2) is 9.97 Å². The normalized spacial score (nSPS) is 10.8. The Morgan fingerprint density at radius 3 is 3.00 bits per heavy atom. The van der Waals surface area contributed by atoms with Gasteiger partial charge in [-0.3, -0.25) is 0 Å². The van der Waals surface area contributed by atoms with E-state index in [1.807, 2.05) is 19.1 Å². The molecule has 2 aromatic rings. The van der Waals surface area contributed by atoms with Crippen LogP contribution in [0.3, 0.4) is 0 Å². The highest BCUT2D eigenvalue weighted by atomic mass is 35.5. The molecule has 0 saturated heterocycles. The van der Waals surface area contributed by atoms with Crippen LogP contribution in [0.2, 0.25) is 5.02 Å². The van der Waals surface area contributed by atoms with Crippen molar-refractivity contribution in [1.82, 2.24) is 9.97 Å². The van der Waals surface area contributed by atoms with E-state index >= 15 is 0 Å². The van der Waals surface area contributed by atoms with Gasteiger partial charge in [0, 0.05) is 5.02 Å². The lowest BCUT2D eigenvalue weighted by Gasteiger charge is -1.94. The second-order valence-corrected chi connectivity index (χ2v) is 3.18. The first-order valence-corrected chi connectivity index (χ1v) is 3.96. The molecule has 0 aliphatic rings. The van der Waals surface area contributed by atoms with Gasteiger partial charge in [-0.2, -0.15) is 0 Å². The predicted molar refractivity (Wildman–Crippen MR) is 50.3 cm³/mol. The molecule has 0 fully saturated rings. The third kappa shape index (κ3) is 1.02. The van der Waals surface area contributed by atoms with Gasteiger partial charge in [-0.05, 0) is 24.6 Å². The summed E-state index contributed by atoms with van der Waals surface area (Å²) in [5.41, 5.74) is 8.31. The molecule has 3 nitrogen and oxygen atoms in total. The molecule has 4 heteroatoms. The van der Waals surface area contributed by atoms with Gasteiger partial charge >= 0.3 is 0 Å². The highest BCUT2D eigenvalue weighted by Crippen LogP contribution is 2.21. The Balaban J connectivity index is 2.88. The second kappa shape index (κ2) is 2.38. The number of nitrogen functional groups attached to an aromatic ring is 1. The van der Waals surface area contributed by atoms with Gasteiger partial charge in [0.05, 0.1) is 11.0 Å². The molecule has 0 aliphatic heterocycles. The molecular formula is C8H8ClN3. The smallest absolute Gasteiger partial charge is 0.198 e. The number of nitrogens with zero attached hydrogens (tertiary/aromatic N) is 1. The molecule has 0 unspecified atom stereocenters. The molecule has 12 heavy (non-hydrogen) atoms. The fourth-order valence-corrected chi connectivity index (χ4v) is 1.54.